The Kier molecular flexibility index (Phi) is 4.82. The zero-order chi connectivity index (χ0) is 12.1. The molecule has 1 amide bonds. The van der Waals surface area contributed by atoms with Crippen molar-refractivity contribution < 1.29 is 14.7 Å². The highest BCUT2D eigenvalue weighted by Crippen LogP contribution is 2.27. The second-order valence-electron chi connectivity index (χ2n) is 3.01. The van der Waals surface area contributed by atoms with Crippen LogP contribution >= 0.6 is 27.7 Å². The van der Waals surface area contributed by atoms with Crippen molar-refractivity contribution in [2.24, 2.45) is 5.73 Å². The number of hydrogen-bond donors (Lipinski definition) is 2. The molecule has 0 unspecified atom stereocenters. The maximum absolute atomic E-state index is 10.9. The van der Waals surface area contributed by atoms with Crippen LogP contribution in [0.4, 0.5) is 0 Å². The van der Waals surface area contributed by atoms with Gasteiger partial charge in [0, 0.05) is 21.5 Å². The number of aromatic carboxylic acids is 1. The van der Waals surface area contributed by atoms with Crippen LogP contribution in [0.2, 0.25) is 0 Å². The zero-order valence-corrected chi connectivity index (χ0v) is 10.7. The summed E-state index contributed by atoms with van der Waals surface area (Å²) in [7, 11) is 0. The maximum Gasteiger partial charge on any atom is 0.336 e. The van der Waals surface area contributed by atoms with Crippen LogP contribution in [0, 0.1) is 0 Å². The Balaban J connectivity index is 2.80. The van der Waals surface area contributed by atoms with Crippen LogP contribution in [0.25, 0.3) is 0 Å². The number of hydrogen-bond acceptors (Lipinski definition) is 3. The van der Waals surface area contributed by atoms with E-state index in [1.807, 2.05) is 0 Å². The van der Waals surface area contributed by atoms with E-state index in [0.29, 0.717) is 10.6 Å². The molecule has 6 heteroatoms. The Bertz CT molecular complexity index is 423. The summed E-state index contributed by atoms with van der Waals surface area (Å²) >= 11 is 4.57. The van der Waals surface area contributed by atoms with Gasteiger partial charge < -0.3 is 10.8 Å². The van der Waals surface area contributed by atoms with E-state index in [4.69, 9.17) is 10.8 Å². The molecule has 0 aromatic heterocycles. The summed E-state index contributed by atoms with van der Waals surface area (Å²) in [5.41, 5.74) is 5.24. The van der Waals surface area contributed by atoms with E-state index in [1.165, 1.54) is 17.8 Å². The second-order valence-corrected chi connectivity index (χ2v) is 5.06. The topological polar surface area (TPSA) is 80.4 Å². The summed E-state index contributed by atoms with van der Waals surface area (Å²) in [4.78, 5) is 22.1. The average molecular weight is 304 g/mol. The predicted octanol–water partition coefficient (Wildman–Crippen LogP) is 2.11. The first-order chi connectivity index (χ1) is 7.50. The first kappa shape index (κ1) is 13.1. The van der Waals surface area contributed by atoms with Crippen molar-refractivity contribution in [3.63, 3.8) is 0 Å². The number of nitrogens with two attached hydrogens (primary N) is 1. The van der Waals surface area contributed by atoms with Crippen LogP contribution in [0.3, 0.4) is 0 Å². The fourth-order valence-corrected chi connectivity index (χ4v) is 2.61. The monoisotopic (exact) mass is 303 g/mol. The fourth-order valence-electron chi connectivity index (χ4n) is 1.05. The summed E-state index contributed by atoms with van der Waals surface area (Å²) in [6.45, 7) is 0. The van der Waals surface area contributed by atoms with Gasteiger partial charge in [-0.25, -0.2) is 4.79 Å². The quantitative estimate of drug-likeness (QED) is 0.817. The molecule has 0 aliphatic heterocycles. The molecular weight excluding hydrogens is 294 g/mol. The second kappa shape index (κ2) is 5.91. The molecular formula is C10H10BrNO3S. The van der Waals surface area contributed by atoms with Crippen LogP contribution in [-0.4, -0.2) is 22.7 Å². The first-order valence-electron chi connectivity index (χ1n) is 4.44. The molecule has 0 aliphatic carbocycles. The Morgan fingerprint density at radius 3 is 2.69 bits per heavy atom. The van der Waals surface area contributed by atoms with E-state index in [1.54, 1.807) is 12.1 Å². The number of carboxylic acids is 1. The van der Waals surface area contributed by atoms with E-state index < -0.39 is 5.97 Å². The van der Waals surface area contributed by atoms with Crippen molar-refractivity contribution in [3.05, 3.63) is 28.2 Å². The standard InChI is InChI=1S/C10H10BrNO3S/c11-6-1-2-7(10(14)15)8(5-6)16-4-3-9(12)13/h1-2,5H,3-4H2,(H2,12,13)(H,14,15). The molecule has 86 valence electrons. The van der Waals surface area contributed by atoms with Gasteiger partial charge in [-0.15, -0.1) is 11.8 Å². The summed E-state index contributed by atoms with van der Waals surface area (Å²) in [5.74, 6) is -0.889. The van der Waals surface area contributed by atoms with Gasteiger partial charge in [-0.1, -0.05) is 15.9 Å². The van der Waals surface area contributed by atoms with Crippen LogP contribution in [0.5, 0.6) is 0 Å². The number of rotatable bonds is 5. The van der Waals surface area contributed by atoms with Crippen LogP contribution in [0.15, 0.2) is 27.6 Å². The van der Waals surface area contributed by atoms with E-state index in [-0.39, 0.29) is 17.9 Å². The number of halogens is 1. The molecule has 0 bridgehead atoms. The Labute approximate surface area is 105 Å². The zero-order valence-electron chi connectivity index (χ0n) is 8.27. The lowest BCUT2D eigenvalue weighted by Crippen LogP contribution is -2.11. The van der Waals surface area contributed by atoms with Crippen molar-refractivity contribution >= 4 is 39.6 Å². The molecule has 4 nitrogen and oxygen atoms in total. The summed E-state index contributed by atoms with van der Waals surface area (Å²) < 4.78 is 0.805. The summed E-state index contributed by atoms with van der Waals surface area (Å²) in [6.07, 6.45) is 0.232. The lowest BCUT2D eigenvalue weighted by atomic mass is 10.2. The normalized spacial score (nSPS) is 10.1. The SMILES string of the molecule is NC(=O)CCSc1cc(Br)ccc1C(=O)O. The molecule has 0 fully saturated rings. The molecule has 3 N–H and O–H groups in total. The number of thioether (sulfide) groups is 1. The lowest BCUT2D eigenvalue weighted by molar-refractivity contribution is -0.117. The largest absolute Gasteiger partial charge is 0.478 e. The van der Waals surface area contributed by atoms with E-state index >= 15 is 0 Å². The molecule has 1 aromatic carbocycles. The van der Waals surface area contributed by atoms with Crippen molar-refractivity contribution in [1.82, 2.24) is 0 Å². The third-order valence-corrected chi connectivity index (χ3v) is 3.33. The van der Waals surface area contributed by atoms with Crippen LogP contribution < -0.4 is 5.73 Å². The molecule has 1 aromatic rings. The van der Waals surface area contributed by atoms with E-state index in [9.17, 15) is 9.59 Å². The molecule has 0 saturated carbocycles. The predicted molar refractivity (Wildman–Crippen MR) is 65.6 cm³/mol. The molecule has 0 heterocycles. The minimum atomic E-state index is -0.978. The first-order valence-corrected chi connectivity index (χ1v) is 6.22. The van der Waals surface area contributed by atoms with Gasteiger partial charge in [-0.3, -0.25) is 4.79 Å². The summed E-state index contributed by atoms with van der Waals surface area (Å²) in [5, 5.41) is 8.94. The van der Waals surface area contributed by atoms with Gasteiger partial charge in [0.25, 0.3) is 0 Å². The molecule has 0 radical (unpaired) electrons. The highest BCUT2D eigenvalue weighted by atomic mass is 79.9. The highest BCUT2D eigenvalue weighted by molar-refractivity contribution is 9.10. The van der Waals surface area contributed by atoms with Gasteiger partial charge in [0.15, 0.2) is 0 Å². The maximum atomic E-state index is 10.9. The lowest BCUT2D eigenvalue weighted by Gasteiger charge is -2.05. The minimum absolute atomic E-state index is 0.232. The third-order valence-electron chi connectivity index (χ3n) is 1.78. The Morgan fingerprint density at radius 2 is 2.12 bits per heavy atom. The van der Waals surface area contributed by atoms with E-state index in [2.05, 4.69) is 15.9 Å². The molecule has 1 rings (SSSR count). The number of carbonyl (C=O) groups excluding carboxylic acids is 1. The van der Waals surface area contributed by atoms with Crippen molar-refractivity contribution in [2.45, 2.75) is 11.3 Å². The molecule has 0 atom stereocenters. The van der Waals surface area contributed by atoms with Crippen molar-refractivity contribution in [1.29, 1.82) is 0 Å². The van der Waals surface area contributed by atoms with Gasteiger partial charge in [-0.2, -0.15) is 0 Å². The van der Waals surface area contributed by atoms with Gasteiger partial charge in [0.2, 0.25) is 5.91 Å². The molecule has 0 aliphatic rings. The number of benzene rings is 1. The van der Waals surface area contributed by atoms with Crippen molar-refractivity contribution in [2.75, 3.05) is 5.75 Å². The average Bonchev–Trinajstić information content (AvgIpc) is 2.16. The van der Waals surface area contributed by atoms with Crippen molar-refractivity contribution in [3.8, 4) is 0 Å². The van der Waals surface area contributed by atoms with E-state index in [0.717, 1.165) is 4.47 Å². The number of carbonyl (C=O) groups is 2. The van der Waals surface area contributed by atoms with Crippen LogP contribution in [0.1, 0.15) is 16.8 Å². The molecule has 0 spiro atoms. The van der Waals surface area contributed by atoms with Gasteiger partial charge in [0.1, 0.15) is 0 Å². The number of primary amides is 1. The highest BCUT2D eigenvalue weighted by Gasteiger charge is 2.10. The van der Waals surface area contributed by atoms with Crippen LogP contribution in [-0.2, 0) is 4.79 Å². The number of carboxylic acid groups (broad SMARTS) is 1. The minimum Gasteiger partial charge on any atom is -0.478 e. The van der Waals surface area contributed by atoms with Gasteiger partial charge in [-0.05, 0) is 18.2 Å². The Morgan fingerprint density at radius 1 is 1.44 bits per heavy atom. The Hall–Kier alpha value is -1.01. The number of amides is 1. The molecule has 16 heavy (non-hydrogen) atoms. The smallest absolute Gasteiger partial charge is 0.336 e. The molecule has 0 saturated heterocycles. The fraction of sp³-hybridized carbons (Fsp3) is 0.200. The van der Waals surface area contributed by atoms with Gasteiger partial charge >= 0.3 is 5.97 Å². The third kappa shape index (κ3) is 3.86. The summed E-state index contributed by atoms with van der Waals surface area (Å²) in [6, 6.07) is 4.91. The van der Waals surface area contributed by atoms with Gasteiger partial charge in [0.05, 0.1) is 5.56 Å².